The first-order valence-electron chi connectivity index (χ1n) is 19.0. The molecule has 0 spiro atoms. The Morgan fingerprint density at radius 1 is 0.407 bits per heavy atom. The summed E-state index contributed by atoms with van der Waals surface area (Å²) in [5.41, 5.74) is 18.0. The van der Waals surface area contributed by atoms with Crippen molar-refractivity contribution in [3.05, 3.63) is 186 Å². The highest BCUT2D eigenvalue weighted by Crippen LogP contribution is 2.57. The van der Waals surface area contributed by atoms with Gasteiger partial charge < -0.3 is 9.32 Å². The first-order chi connectivity index (χ1) is 26.3. The molecule has 0 N–H and O–H groups in total. The van der Waals surface area contributed by atoms with Gasteiger partial charge in [0.1, 0.15) is 5.58 Å². The number of anilines is 3. The van der Waals surface area contributed by atoms with Crippen LogP contribution < -0.4 is 4.90 Å². The Kier molecular flexibility index (Phi) is 6.39. The van der Waals surface area contributed by atoms with Crippen LogP contribution in [-0.4, -0.2) is 0 Å². The van der Waals surface area contributed by atoms with E-state index in [1.807, 2.05) is 6.07 Å². The summed E-state index contributed by atoms with van der Waals surface area (Å²) in [4.78, 5) is 2.39. The van der Waals surface area contributed by atoms with Crippen molar-refractivity contribution < 1.29 is 4.42 Å². The Hall–Kier alpha value is -6.38. The van der Waals surface area contributed by atoms with Gasteiger partial charge in [0, 0.05) is 33.0 Å². The van der Waals surface area contributed by atoms with Gasteiger partial charge in [0.25, 0.3) is 0 Å². The van der Waals surface area contributed by atoms with Crippen molar-refractivity contribution in [3.63, 3.8) is 0 Å². The molecule has 54 heavy (non-hydrogen) atoms. The highest BCUT2D eigenvalue weighted by atomic mass is 16.3. The second-order valence-corrected chi connectivity index (χ2v) is 16.2. The molecule has 2 heteroatoms. The van der Waals surface area contributed by atoms with Crippen LogP contribution in [0.5, 0.6) is 0 Å². The van der Waals surface area contributed by atoms with Crippen LogP contribution in [0.25, 0.3) is 66.1 Å². The molecule has 0 atom stereocenters. The van der Waals surface area contributed by atoms with Gasteiger partial charge in [0.15, 0.2) is 5.58 Å². The molecule has 0 saturated heterocycles. The van der Waals surface area contributed by atoms with E-state index in [1.54, 1.807) is 0 Å². The molecule has 0 radical (unpaired) electrons. The number of rotatable bonds is 4. The van der Waals surface area contributed by atoms with Crippen LogP contribution in [0.1, 0.15) is 49.9 Å². The number of nitrogens with zero attached hydrogens (tertiary/aromatic N) is 1. The number of hydrogen-bond donors (Lipinski definition) is 0. The van der Waals surface area contributed by atoms with Crippen LogP contribution in [0.2, 0.25) is 0 Å². The van der Waals surface area contributed by atoms with E-state index >= 15 is 0 Å². The largest absolute Gasteiger partial charge is 0.454 e. The molecular weight excluding hydrogens is 655 g/mol. The van der Waals surface area contributed by atoms with Gasteiger partial charge in [-0.1, -0.05) is 131 Å². The van der Waals surface area contributed by atoms with Crippen molar-refractivity contribution in [1.82, 2.24) is 0 Å². The van der Waals surface area contributed by atoms with Crippen molar-refractivity contribution in [2.24, 2.45) is 0 Å². The number of hydrogen-bond acceptors (Lipinski definition) is 2. The quantitative estimate of drug-likeness (QED) is 0.182. The lowest BCUT2D eigenvalue weighted by atomic mass is 9.79. The fourth-order valence-corrected chi connectivity index (χ4v) is 9.56. The number of fused-ring (bicyclic) bond motifs is 10. The van der Waals surface area contributed by atoms with Crippen molar-refractivity contribution in [2.45, 2.75) is 38.5 Å². The van der Waals surface area contributed by atoms with E-state index < -0.39 is 0 Å². The molecule has 2 aliphatic carbocycles. The molecule has 9 aromatic rings. The van der Waals surface area contributed by atoms with Crippen molar-refractivity contribution in [1.29, 1.82) is 0 Å². The van der Waals surface area contributed by atoms with Gasteiger partial charge in [-0.3, -0.25) is 0 Å². The second-order valence-electron chi connectivity index (χ2n) is 16.2. The SMILES string of the molecule is CC1(C)c2cc(N(c3cccc(-c4ccccc4)c3)c3cccc4c3oc3ccccc34)ccc2-c2cc3c(cc21)-c1cc2ccccc2cc1C3(C)C. The Labute approximate surface area is 315 Å². The molecule has 2 aliphatic rings. The lowest BCUT2D eigenvalue weighted by Crippen LogP contribution is -2.17. The van der Waals surface area contributed by atoms with Gasteiger partial charge in [-0.2, -0.15) is 0 Å². The van der Waals surface area contributed by atoms with E-state index in [-0.39, 0.29) is 10.8 Å². The fourth-order valence-electron chi connectivity index (χ4n) is 9.56. The summed E-state index contributed by atoms with van der Waals surface area (Å²) in [6, 6.07) is 60.1. The molecule has 0 unspecified atom stereocenters. The van der Waals surface area contributed by atoms with Gasteiger partial charge in [-0.15, -0.1) is 0 Å². The molecule has 0 bridgehead atoms. The molecule has 2 nitrogen and oxygen atoms in total. The minimum atomic E-state index is -0.206. The third kappa shape index (κ3) is 4.34. The molecular formula is C52H39NO. The Balaban J connectivity index is 1.10. The molecule has 0 saturated carbocycles. The van der Waals surface area contributed by atoms with E-state index in [9.17, 15) is 0 Å². The van der Waals surface area contributed by atoms with E-state index in [0.29, 0.717) is 0 Å². The summed E-state index contributed by atoms with van der Waals surface area (Å²) < 4.78 is 6.69. The minimum absolute atomic E-state index is 0.0948. The van der Waals surface area contributed by atoms with E-state index in [0.717, 1.165) is 39.0 Å². The van der Waals surface area contributed by atoms with Gasteiger partial charge >= 0.3 is 0 Å². The Morgan fingerprint density at radius 3 is 1.78 bits per heavy atom. The number of benzene rings is 8. The zero-order valence-electron chi connectivity index (χ0n) is 30.9. The van der Waals surface area contributed by atoms with Crippen LogP contribution in [0, 0.1) is 0 Å². The van der Waals surface area contributed by atoms with Crippen LogP contribution in [-0.2, 0) is 10.8 Å². The summed E-state index contributed by atoms with van der Waals surface area (Å²) in [6.45, 7) is 9.58. The first kappa shape index (κ1) is 31.2. The van der Waals surface area contributed by atoms with Gasteiger partial charge in [0.2, 0.25) is 0 Å². The monoisotopic (exact) mass is 693 g/mol. The zero-order valence-corrected chi connectivity index (χ0v) is 30.9. The molecule has 11 rings (SSSR count). The topological polar surface area (TPSA) is 16.4 Å². The molecule has 0 amide bonds. The van der Waals surface area contributed by atoms with Crippen LogP contribution >= 0.6 is 0 Å². The Morgan fingerprint density at radius 2 is 0.981 bits per heavy atom. The van der Waals surface area contributed by atoms with Gasteiger partial charge in [0.05, 0.1) is 5.69 Å². The number of furan rings is 1. The smallest absolute Gasteiger partial charge is 0.159 e. The van der Waals surface area contributed by atoms with E-state index in [1.165, 1.54) is 66.4 Å². The average Bonchev–Trinajstić information content (AvgIpc) is 3.77. The van der Waals surface area contributed by atoms with Crippen molar-refractivity contribution in [3.8, 4) is 33.4 Å². The van der Waals surface area contributed by atoms with Crippen LogP contribution in [0.15, 0.2) is 168 Å². The standard InChI is InChI=1S/C52H39NO/c1-51(2)44-28-35-17-9-8-16-34(35)27-41(44)43-31-46-42(30-47(43)51)38-25-24-37(29-45(38)52(46,3)4)53(36-19-12-18-33(26-36)32-14-6-5-7-15-32)48-22-13-21-40-39-20-10-11-23-49(39)54-50(40)48/h5-31H,1-4H3. The second kappa shape index (κ2) is 11.1. The third-order valence-corrected chi connectivity index (χ3v) is 12.4. The zero-order chi connectivity index (χ0) is 36.3. The molecule has 8 aromatic carbocycles. The predicted octanol–water partition coefficient (Wildman–Crippen LogP) is 14.5. The Bertz CT molecular complexity index is 3000. The van der Waals surface area contributed by atoms with Crippen molar-refractivity contribution >= 4 is 49.8 Å². The highest BCUT2D eigenvalue weighted by Gasteiger charge is 2.42. The maximum Gasteiger partial charge on any atom is 0.159 e. The normalized spacial score (nSPS) is 14.6. The summed E-state index contributed by atoms with van der Waals surface area (Å²) in [5.74, 6) is 0. The maximum atomic E-state index is 6.69. The fraction of sp³-hybridized carbons (Fsp3) is 0.115. The van der Waals surface area contributed by atoms with E-state index in [2.05, 4.69) is 190 Å². The maximum absolute atomic E-state index is 6.69. The van der Waals surface area contributed by atoms with Crippen molar-refractivity contribution in [2.75, 3.05) is 4.90 Å². The lowest BCUT2D eigenvalue weighted by Gasteiger charge is -2.28. The predicted molar refractivity (Wildman–Crippen MR) is 226 cm³/mol. The average molecular weight is 694 g/mol. The number of para-hydroxylation sites is 2. The first-order valence-corrected chi connectivity index (χ1v) is 19.0. The van der Waals surface area contributed by atoms with Gasteiger partial charge in [-0.05, 0) is 127 Å². The molecule has 258 valence electrons. The summed E-state index contributed by atoms with van der Waals surface area (Å²) >= 11 is 0. The van der Waals surface area contributed by atoms with Crippen LogP contribution in [0.3, 0.4) is 0 Å². The summed E-state index contributed by atoms with van der Waals surface area (Å²) in [5, 5.41) is 4.85. The molecule has 1 aromatic heterocycles. The molecule has 0 fully saturated rings. The lowest BCUT2D eigenvalue weighted by molar-refractivity contribution is 0.652. The highest BCUT2D eigenvalue weighted by molar-refractivity contribution is 6.10. The summed E-state index contributed by atoms with van der Waals surface area (Å²) in [6.07, 6.45) is 0. The third-order valence-electron chi connectivity index (χ3n) is 12.4. The molecule has 1 heterocycles. The minimum Gasteiger partial charge on any atom is -0.454 e. The van der Waals surface area contributed by atoms with E-state index in [4.69, 9.17) is 4.42 Å². The van der Waals surface area contributed by atoms with Gasteiger partial charge in [-0.25, -0.2) is 0 Å². The molecule has 0 aliphatic heterocycles. The summed E-state index contributed by atoms with van der Waals surface area (Å²) in [7, 11) is 0. The van der Waals surface area contributed by atoms with Crippen LogP contribution in [0.4, 0.5) is 17.1 Å².